The number of nitrogens with zero attached hydrogens (tertiary/aromatic N) is 1. The summed E-state index contributed by atoms with van der Waals surface area (Å²) in [7, 11) is 2.97. The minimum absolute atomic E-state index is 0.0243. The number of methoxy groups -OCH3 is 1. The molecule has 3 unspecified atom stereocenters. The molecule has 7 nitrogen and oxygen atoms in total. The number of hydrogen-bond acceptors (Lipinski definition) is 6. The van der Waals surface area contributed by atoms with Crippen molar-refractivity contribution in [2.24, 2.45) is 5.92 Å². The summed E-state index contributed by atoms with van der Waals surface area (Å²) in [6.45, 7) is 2.64. The molecule has 1 aliphatic heterocycles. The number of benzene rings is 3. The lowest BCUT2D eigenvalue weighted by Crippen LogP contribution is -2.37. The highest BCUT2D eigenvalue weighted by Crippen LogP contribution is 2.40. The van der Waals surface area contributed by atoms with Crippen molar-refractivity contribution in [1.29, 1.82) is 0 Å². The molecule has 0 aliphatic carbocycles. The van der Waals surface area contributed by atoms with Gasteiger partial charge in [-0.05, 0) is 80.3 Å². The summed E-state index contributed by atoms with van der Waals surface area (Å²) in [6.07, 6.45) is 0.406. The van der Waals surface area contributed by atoms with Crippen LogP contribution >= 0.6 is 23.2 Å². The average Bonchev–Trinajstić information content (AvgIpc) is 2.98. The Balaban J connectivity index is 0.000000603. The highest BCUT2D eigenvalue weighted by atomic mass is 35.5. The van der Waals surface area contributed by atoms with Gasteiger partial charge in [0.15, 0.2) is 6.29 Å². The summed E-state index contributed by atoms with van der Waals surface area (Å²) in [4.78, 5) is 25.3. The zero-order valence-corrected chi connectivity index (χ0v) is 25.3. The lowest BCUT2D eigenvalue weighted by molar-refractivity contribution is -0.140. The molecular weight excluding hydrogens is 584 g/mol. The summed E-state index contributed by atoms with van der Waals surface area (Å²) < 4.78 is 26.6. The van der Waals surface area contributed by atoms with Crippen molar-refractivity contribution in [3.63, 3.8) is 0 Å². The molecule has 226 valence electrons. The van der Waals surface area contributed by atoms with E-state index >= 15 is 4.39 Å². The van der Waals surface area contributed by atoms with Crippen LogP contribution in [0.1, 0.15) is 65.5 Å². The van der Waals surface area contributed by atoms with Gasteiger partial charge in [-0.1, -0.05) is 53.5 Å². The maximum atomic E-state index is 15.6. The fourth-order valence-electron chi connectivity index (χ4n) is 5.20. The first kappa shape index (κ1) is 33.6. The molecule has 1 fully saturated rings. The molecule has 3 atom stereocenters. The van der Waals surface area contributed by atoms with Crippen LogP contribution in [0.4, 0.5) is 4.39 Å². The van der Waals surface area contributed by atoms with E-state index in [4.69, 9.17) is 32.7 Å². The molecule has 0 bridgehead atoms. The Morgan fingerprint density at radius 2 is 1.71 bits per heavy atom. The topological polar surface area (TPSA) is 96.3 Å². The highest BCUT2D eigenvalue weighted by Gasteiger charge is 2.37. The molecule has 0 radical (unpaired) electrons. The maximum absolute atomic E-state index is 15.6. The predicted octanol–water partition coefficient (Wildman–Crippen LogP) is 7.06. The highest BCUT2D eigenvalue weighted by molar-refractivity contribution is 6.30. The zero-order valence-electron chi connectivity index (χ0n) is 23.8. The number of aliphatic hydroxyl groups is 1. The van der Waals surface area contributed by atoms with Crippen molar-refractivity contribution in [2.75, 3.05) is 27.4 Å². The zero-order chi connectivity index (χ0) is 30.9. The number of halogens is 3. The number of ether oxygens (including phenoxy) is 2. The number of aldehydes is 1. The van der Waals surface area contributed by atoms with Crippen molar-refractivity contribution >= 4 is 35.5 Å². The molecule has 0 saturated carbocycles. The van der Waals surface area contributed by atoms with Crippen LogP contribution in [0, 0.1) is 11.7 Å². The van der Waals surface area contributed by atoms with Crippen molar-refractivity contribution in [3.05, 3.63) is 105 Å². The quantitative estimate of drug-likeness (QED) is 0.185. The number of carbonyl (C=O) groups is 2. The number of carboxylic acid groups (broad SMARTS) is 1. The summed E-state index contributed by atoms with van der Waals surface area (Å²) in [5.74, 6) is -1.92. The predicted molar refractivity (Wildman–Crippen MR) is 160 cm³/mol. The fourth-order valence-corrected chi connectivity index (χ4v) is 5.47. The van der Waals surface area contributed by atoms with E-state index in [1.165, 1.54) is 19.2 Å². The Labute approximate surface area is 255 Å². The molecule has 0 spiro atoms. The van der Waals surface area contributed by atoms with Gasteiger partial charge in [0.05, 0.1) is 12.0 Å². The van der Waals surface area contributed by atoms with E-state index in [9.17, 15) is 19.8 Å². The van der Waals surface area contributed by atoms with E-state index in [1.807, 2.05) is 30.3 Å². The molecule has 0 amide bonds. The van der Waals surface area contributed by atoms with Crippen LogP contribution in [-0.2, 0) is 19.9 Å². The number of carboxylic acids is 1. The van der Waals surface area contributed by atoms with Gasteiger partial charge in [0.25, 0.3) is 0 Å². The Kier molecular flexibility index (Phi) is 12.5. The van der Waals surface area contributed by atoms with Crippen molar-refractivity contribution in [2.45, 2.75) is 44.1 Å². The monoisotopic (exact) mass is 619 g/mol. The van der Waals surface area contributed by atoms with E-state index in [0.717, 1.165) is 5.02 Å². The van der Waals surface area contributed by atoms with Crippen LogP contribution in [0.25, 0.3) is 0 Å². The number of carbonyl (C=O) groups excluding carboxylic acids is 1. The number of rotatable bonds is 10. The van der Waals surface area contributed by atoms with E-state index in [2.05, 4.69) is 0 Å². The SMILES string of the molecule is COC(c1c(F)cc(C(C)(O)C2CCOCC2)cc1C=O)N(C)C(CC(=O)O)c1ccc(Cl)cc1.Clc1ccccc1. The molecule has 3 aromatic carbocycles. The lowest BCUT2D eigenvalue weighted by Gasteiger charge is -2.37. The van der Waals surface area contributed by atoms with Gasteiger partial charge >= 0.3 is 5.97 Å². The smallest absolute Gasteiger partial charge is 0.305 e. The largest absolute Gasteiger partial charge is 0.481 e. The Hall–Kier alpha value is -2.85. The van der Waals surface area contributed by atoms with Crippen molar-refractivity contribution in [3.8, 4) is 0 Å². The van der Waals surface area contributed by atoms with E-state index in [-0.39, 0.29) is 23.5 Å². The van der Waals surface area contributed by atoms with Crippen molar-refractivity contribution in [1.82, 2.24) is 4.90 Å². The third-order valence-electron chi connectivity index (χ3n) is 7.58. The average molecular weight is 621 g/mol. The van der Waals surface area contributed by atoms with Gasteiger partial charge in [0, 0.05) is 47.5 Å². The van der Waals surface area contributed by atoms with Crippen LogP contribution in [0.15, 0.2) is 66.7 Å². The first-order chi connectivity index (χ1) is 20.0. The van der Waals surface area contributed by atoms with E-state index in [1.54, 1.807) is 43.1 Å². The van der Waals surface area contributed by atoms with E-state index in [0.29, 0.717) is 48.5 Å². The summed E-state index contributed by atoms with van der Waals surface area (Å²) in [5.41, 5.74) is -0.416. The minimum Gasteiger partial charge on any atom is -0.481 e. The fraction of sp³-hybridized carbons (Fsp3) is 0.375. The van der Waals surface area contributed by atoms with Crippen LogP contribution < -0.4 is 0 Å². The third kappa shape index (κ3) is 8.60. The molecular formula is C32H36Cl2FNO6. The Morgan fingerprint density at radius 1 is 1.12 bits per heavy atom. The minimum atomic E-state index is -1.36. The molecule has 1 aliphatic rings. The van der Waals surface area contributed by atoms with Gasteiger partial charge in [-0.2, -0.15) is 0 Å². The van der Waals surface area contributed by atoms with Gasteiger partial charge in [-0.3, -0.25) is 14.5 Å². The van der Waals surface area contributed by atoms with Crippen LogP contribution in [0.5, 0.6) is 0 Å². The first-order valence-corrected chi connectivity index (χ1v) is 14.3. The van der Waals surface area contributed by atoms with Gasteiger partial charge in [-0.15, -0.1) is 0 Å². The molecule has 1 saturated heterocycles. The molecule has 42 heavy (non-hydrogen) atoms. The summed E-state index contributed by atoms with van der Waals surface area (Å²) >= 11 is 11.5. The van der Waals surface area contributed by atoms with Gasteiger partial charge in [-0.25, -0.2) is 4.39 Å². The normalized spacial score (nSPS) is 16.6. The summed E-state index contributed by atoms with van der Waals surface area (Å²) in [5, 5.41) is 22.1. The molecule has 0 aromatic heterocycles. The second-order valence-electron chi connectivity index (χ2n) is 10.3. The van der Waals surface area contributed by atoms with Gasteiger partial charge < -0.3 is 19.7 Å². The van der Waals surface area contributed by atoms with Crippen LogP contribution in [-0.4, -0.2) is 54.7 Å². The van der Waals surface area contributed by atoms with Crippen LogP contribution in [0.3, 0.4) is 0 Å². The van der Waals surface area contributed by atoms with Crippen molar-refractivity contribution < 1.29 is 33.7 Å². The third-order valence-corrected chi connectivity index (χ3v) is 8.08. The molecule has 3 aromatic rings. The molecule has 1 heterocycles. The van der Waals surface area contributed by atoms with Gasteiger partial charge in [0.1, 0.15) is 12.0 Å². The lowest BCUT2D eigenvalue weighted by atomic mass is 9.77. The molecule has 2 N–H and O–H groups in total. The number of aliphatic carboxylic acids is 1. The Bertz CT molecular complexity index is 1320. The Morgan fingerprint density at radius 3 is 2.21 bits per heavy atom. The second-order valence-corrected chi connectivity index (χ2v) is 11.2. The first-order valence-electron chi connectivity index (χ1n) is 13.5. The van der Waals surface area contributed by atoms with Crippen LogP contribution in [0.2, 0.25) is 10.0 Å². The molecule has 10 heteroatoms. The van der Waals surface area contributed by atoms with E-state index < -0.39 is 29.7 Å². The molecule has 4 rings (SSSR count). The van der Waals surface area contributed by atoms with Gasteiger partial charge in [0.2, 0.25) is 0 Å². The standard InChI is InChI=1S/C26H31ClFNO6.C6H5Cl/c1-26(33,18-8-10-35-11-9-18)19-12-17(15-30)24(21(28)13-19)25(34-3)29(2)22(14-23(31)32)16-4-6-20(27)7-5-16;7-6-4-2-1-3-5-6/h4-7,12-13,15,18,22,25,33H,8-11,14H2,1-3H3,(H,31,32);1-5H. The summed E-state index contributed by atoms with van der Waals surface area (Å²) in [6, 6.07) is 18.1. The maximum Gasteiger partial charge on any atom is 0.305 e. The number of hydrogen-bond donors (Lipinski definition) is 2. The second kappa shape index (κ2) is 15.6.